The van der Waals surface area contributed by atoms with Gasteiger partial charge in [0, 0.05) is 10.5 Å². The first kappa shape index (κ1) is 29.9. The summed E-state index contributed by atoms with van der Waals surface area (Å²) in [6.45, 7) is 1.72. The summed E-state index contributed by atoms with van der Waals surface area (Å²) >= 11 is 3.33. The molecule has 2 aromatic carbocycles. The Labute approximate surface area is 224 Å². The fourth-order valence-electron chi connectivity index (χ4n) is 2.83. The van der Waals surface area contributed by atoms with Crippen LogP contribution < -0.4 is 85.3 Å². The number of H-pyrrole nitrogens is 2. The Morgan fingerprint density at radius 3 is 2.13 bits per heavy atom. The molecule has 5 N–H and O–H groups in total. The van der Waals surface area contributed by atoms with Gasteiger partial charge >= 0.3 is 70.2 Å². The van der Waals surface area contributed by atoms with Gasteiger partial charge in [-0.2, -0.15) is 0 Å². The molecule has 0 aliphatic heterocycles. The average Bonchev–Trinajstić information content (AvgIpc) is 2.60. The van der Waals surface area contributed by atoms with Gasteiger partial charge in [0.05, 0.1) is 16.8 Å². The maximum Gasteiger partial charge on any atom is 1.00 e. The van der Waals surface area contributed by atoms with Crippen molar-refractivity contribution in [3.05, 3.63) is 78.8 Å². The van der Waals surface area contributed by atoms with Crippen LogP contribution in [0.25, 0.3) is 11.0 Å². The molecule has 0 spiro atoms. The minimum atomic E-state index is -5.15. The van der Waals surface area contributed by atoms with E-state index in [1.54, 1.807) is 31.2 Å². The molecule has 0 fully saturated rings. The quantitative estimate of drug-likeness (QED) is 0.173. The topological polar surface area (TPSA) is 172 Å². The maximum atomic E-state index is 12.0. The van der Waals surface area contributed by atoms with E-state index in [-0.39, 0.29) is 81.2 Å². The first-order valence-electron chi connectivity index (χ1n) is 7.95. The third kappa shape index (κ3) is 6.96. The molecule has 2 atom stereocenters. The number of hydrogen-bond donors (Lipinski definition) is 3. The Bertz CT molecular complexity index is 1150. The summed E-state index contributed by atoms with van der Waals surface area (Å²) in [4.78, 5) is 51.9. The van der Waals surface area contributed by atoms with Gasteiger partial charge in [-0.15, -0.1) is 0 Å². The smallest absolute Gasteiger partial charge is 0.809 e. The minimum absolute atomic E-state index is 0. The van der Waals surface area contributed by atoms with Crippen LogP contribution in [0, 0.1) is 0 Å². The van der Waals surface area contributed by atoms with Crippen molar-refractivity contribution in [3.8, 4) is 0 Å². The molecule has 13 heteroatoms. The number of rotatable bonds is 5. The van der Waals surface area contributed by atoms with E-state index >= 15 is 0 Å². The van der Waals surface area contributed by atoms with Crippen molar-refractivity contribution >= 4 is 34.6 Å². The molecule has 9 nitrogen and oxygen atoms in total. The van der Waals surface area contributed by atoms with Crippen LogP contribution >= 0.6 is 23.5 Å². The summed E-state index contributed by atoms with van der Waals surface area (Å²) in [5.74, 6) is -1.60. The molecular weight excluding hydrogens is 499 g/mol. The first-order valence-corrected chi connectivity index (χ1v) is 10.4. The van der Waals surface area contributed by atoms with Crippen LogP contribution in [0.2, 0.25) is 0 Å². The number of para-hydroxylation sites is 1. The Morgan fingerprint density at radius 1 is 1.00 bits per heavy atom. The summed E-state index contributed by atoms with van der Waals surface area (Å²) in [5, 5.41) is 2.82. The summed E-state index contributed by atoms with van der Waals surface area (Å²) in [7, 11) is -5.15. The molecule has 1 heterocycles. The van der Waals surface area contributed by atoms with Crippen LogP contribution in [0.4, 0.5) is 0 Å². The van der Waals surface area contributed by atoms with Gasteiger partial charge < -0.3 is 29.8 Å². The van der Waals surface area contributed by atoms with Gasteiger partial charge in [-0.25, -0.2) is 0 Å². The van der Waals surface area contributed by atoms with Crippen molar-refractivity contribution in [1.29, 1.82) is 0 Å². The number of benzene rings is 2. The van der Waals surface area contributed by atoms with Gasteiger partial charge in [0.25, 0.3) is 0 Å². The third-order valence-electron chi connectivity index (χ3n) is 4.18. The predicted octanol–water partition coefficient (Wildman–Crippen LogP) is -5.57. The molecule has 0 aliphatic rings. The number of halogens is 1. The Morgan fingerprint density at radius 2 is 1.57 bits per heavy atom. The van der Waals surface area contributed by atoms with Gasteiger partial charge in [0.1, 0.15) is 0 Å². The van der Waals surface area contributed by atoms with Crippen molar-refractivity contribution in [1.82, 2.24) is 15.3 Å². The zero-order valence-corrected chi connectivity index (χ0v) is 23.0. The maximum absolute atomic E-state index is 12.0. The second-order valence-corrected chi connectivity index (χ2v) is 8.57. The monoisotopic (exact) mass is 515 g/mol. The van der Waals surface area contributed by atoms with E-state index in [9.17, 15) is 23.9 Å². The number of hydrogen-bond acceptors (Lipinski definition) is 6. The van der Waals surface area contributed by atoms with Crippen molar-refractivity contribution in [2.24, 2.45) is 0 Å². The molecule has 0 saturated heterocycles. The largest absolute Gasteiger partial charge is 1.00 e. The van der Waals surface area contributed by atoms with Crippen LogP contribution in [0.3, 0.4) is 0 Å². The first-order chi connectivity index (χ1) is 12.7. The van der Waals surface area contributed by atoms with Crippen LogP contribution in [0.5, 0.6) is 0 Å². The molecule has 0 amide bonds. The molecule has 0 saturated carbocycles. The Hall–Kier alpha value is -0.0700. The van der Waals surface area contributed by atoms with Crippen molar-refractivity contribution in [3.63, 3.8) is 0 Å². The summed E-state index contributed by atoms with van der Waals surface area (Å²) in [6.07, 6.45) is 0. The van der Waals surface area contributed by atoms with E-state index in [0.29, 0.717) is 0 Å². The van der Waals surface area contributed by atoms with Gasteiger partial charge in [-0.1, -0.05) is 40.2 Å². The molecule has 30 heavy (non-hydrogen) atoms. The number of aromatic amines is 2. The van der Waals surface area contributed by atoms with Crippen LogP contribution in [0.15, 0.2) is 56.5 Å². The fourth-order valence-corrected chi connectivity index (χ4v) is 4.05. The van der Waals surface area contributed by atoms with Gasteiger partial charge in [0.15, 0.2) is 0 Å². The van der Waals surface area contributed by atoms with E-state index in [1.807, 2.05) is 0 Å². The summed E-state index contributed by atoms with van der Waals surface area (Å²) in [5.41, 5.74) is -0.624. The predicted molar refractivity (Wildman–Crippen MR) is 105 cm³/mol. The molecule has 3 aromatic rings. The number of aromatic nitrogens is 2. The van der Waals surface area contributed by atoms with Gasteiger partial charge in [-0.3, -0.25) is 14.9 Å². The van der Waals surface area contributed by atoms with Gasteiger partial charge in [0.2, 0.25) is 0 Å². The Kier molecular flexibility index (Phi) is 12.2. The van der Waals surface area contributed by atoms with E-state index < -0.39 is 30.5 Å². The molecule has 0 radical (unpaired) electrons. The fraction of sp³-hybridized carbons (Fsp3) is 0.176. The van der Waals surface area contributed by atoms with Crippen LogP contribution in [0.1, 0.15) is 29.9 Å². The van der Waals surface area contributed by atoms with E-state index in [2.05, 4.69) is 31.2 Å². The normalized spacial score (nSPS) is 12.8. The van der Waals surface area contributed by atoms with E-state index in [4.69, 9.17) is 0 Å². The Balaban J connectivity index is 0.00000280. The van der Waals surface area contributed by atoms with Gasteiger partial charge in [-0.05, 0) is 43.8 Å². The second kappa shape index (κ2) is 12.2. The van der Waals surface area contributed by atoms with Crippen molar-refractivity contribution < 1.29 is 78.9 Å². The summed E-state index contributed by atoms with van der Waals surface area (Å²) in [6, 6.07) is 11.2. The second-order valence-electron chi connectivity index (χ2n) is 6.06. The average molecular weight is 516 g/mol. The number of nitrogens with one attached hydrogen (secondary N) is 3. The molecular formula is C17H17BrN3Na2O6P. The molecule has 1 unspecified atom stereocenters. The SMILES string of the molecule is C[C@H](NC(c1cccc2[nH]c(=O)c(=O)[nH]c12)P(=O)([O-])[O-])c1ccc(Br)cc1.O.[Na+].[Na+]. The molecule has 0 bridgehead atoms. The van der Waals surface area contributed by atoms with Crippen LogP contribution in [-0.2, 0) is 4.57 Å². The van der Waals surface area contributed by atoms with E-state index in [1.165, 1.54) is 18.2 Å². The zero-order chi connectivity index (χ0) is 19.8. The zero-order valence-electron chi connectivity index (χ0n) is 16.6. The molecule has 3 rings (SSSR count). The summed E-state index contributed by atoms with van der Waals surface area (Å²) < 4.78 is 12.9. The minimum Gasteiger partial charge on any atom is -0.809 e. The van der Waals surface area contributed by atoms with Crippen LogP contribution in [-0.4, -0.2) is 15.4 Å². The molecule has 0 aliphatic carbocycles. The molecule has 1 aromatic heterocycles. The van der Waals surface area contributed by atoms with Crippen molar-refractivity contribution in [2.45, 2.75) is 18.7 Å². The number of fused-ring (bicyclic) bond motifs is 1. The standard InChI is InChI=1S/C17H17BrN3O5P.2Na.H2O/c1-9(10-5-7-11(18)8-6-10)19-17(27(24,25)26)12-3-2-4-13-14(12)21-16(23)15(22)20-13;;;/h2-9,17,19H,1H3,(H,20,22)(H,21,23)(H2,24,25,26);;;1H2/q;2*+1;/p-2/t9-,17?;;;/m0.../s1. The van der Waals surface area contributed by atoms with Crippen molar-refractivity contribution in [2.75, 3.05) is 0 Å². The third-order valence-corrected chi connectivity index (χ3v) is 5.77. The van der Waals surface area contributed by atoms with E-state index in [0.717, 1.165) is 10.0 Å². The molecule has 150 valence electrons.